The van der Waals surface area contributed by atoms with Crippen LogP contribution >= 0.6 is 0 Å². The number of carbonyl (C=O) groups is 2. The lowest BCUT2D eigenvalue weighted by Gasteiger charge is -2.15. The minimum absolute atomic E-state index is 0.0606. The highest BCUT2D eigenvalue weighted by Crippen LogP contribution is 2.29. The smallest absolute Gasteiger partial charge is 0.338 e. The molecule has 2 N–H and O–H groups in total. The van der Waals surface area contributed by atoms with Crippen LogP contribution in [0.3, 0.4) is 0 Å². The average molecular weight is 510 g/mol. The summed E-state index contributed by atoms with van der Waals surface area (Å²) in [6.07, 6.45) is 0. The number of benzene rings is 2. The third-order valence-electron chi connectivity index (χ3n) is 5.43. The number of hydrogen-bond acceptors (Lipinski definition) is 8. The van der Waals surface area contributed by atoms with Crippen LogP contribution in [0.15, 0.2) is 58.1 Å². The van der Waals surface area contributed by atoms with Crippen LogP contribution in [0.5, 0.6) is 11.5 Å². The zero-order chi connectivity index (χ0) is 27.1. The monoisotopic (exact) mass is 509 g/mol. The van der Waals surface area contributed by atoms with Gasteiger partial charge in [0.15, 0.2) is 18.1 Å². The van der Waals surface area contributed by atoms with Crippen molar-refractivity contribution in [2.75, 3.05) is 25.6 Å². The lowest BCUT2D eigenvalue weighted by Crippen LogP contribution is -2.43. The van der Waals surface area contributed by atoms with E-state index in [9.17, 15) is 19.2 Å². The van der Waals surface area contributed by atoms with E-state index in [1.54, 1.807) is 37.3 Å². The van der Waals surface area contributed by atoms with Gasteiger partial charge in [-0.15, -0.1) is 0 Å². The van der Waals surface area contributed by atoms with Crippen molar-refractivity contribution in [2.45, 2.75) is 27.3 Å². The molecular formula is C27H31N3O7. The molecule has 1 heterocycles. The summed E-state index contributed by atoms with van der Waals surface area (Å²) in [5.41, 5.74) is 5.05. The number of nitrogen functional groups attached to an aromatic ring is 1. The molecule has 0 saturated heterocycles. The number of rotatable bonds is 11. The van der Waals surface area contributed by atoms with Gasteiger partial charge in [-0.05, 0) is 36.6 Å². The molecule has 1 aromatic heterocycles. The van der Waals surface area contributed by atoms with E-state index in [0.29, 0.717) is 30.6 Å². The van der Waals surface area contributed by atoms with Gasteiger partial charge in [0, 0.05) is 7.05 Å². The molecular weight excluding hydrogens is 478 g/mol. The molecule has 0 saturated carbocycles. The van der Waals surface area contributed by atoms with Crippen LogP contribution in [0.25, 0.3) is 0 Å². The maximum Gasteiger partial charge on any atom is 0.338 e. The highest BCUT2D eigenvalue weighted by Gasteiger charge is 2.23. The highest BCUT2D eigenvalue weighted by molar-refractivity contribution is 6.02. The van der Waals surface area contributed by atoms with Gasteiger partial charge in [0.05, 0.1) is 25.3 Å². The molecule has 0 bridgehead atoms. The minimum Gasteiger partial charge on any atom is -0.490 e. The predicted octanol–water partition coefficient (Wildman–Crippen LogP) is 2.65. The number of hydrogen-bond donors (Lipinski definition) is 1. The van der Waals surface area contributed by atoms with Crippen LogP contribution in [0, 0.1) is 5.92 Å². The van der Waals surface area contributed by atoms with Crippen molar-refractivity contribution in [3.8, 4) is 11.5 Å². The lowest BCUT2D eigenvalue weighted by molar-refractivity contribution is 0.0473. The first-order valence-electron chi connectivity index (χ1n) is 11.9. The fourth-order valence-electron chi connectivity index (χ4n) is 3.53. The Morgan fingerprint density at radius 2 is 1.70 bits per heavy atom. The maximum atomic E-state index is 12.9. The summed E-state index contributed by atoms with van der Waals surface area (Å²) in [6.45, 7) is 5.98. The molecule has 0 unspecified atom stereocenters. The normalized spacial score (nSPS) is 10.8. The van der Waals surface area contributed by atoms with Crippen LogP contribution in [-0.4, -0.2) is 40.7 Å². The number of nitrogens with two attached hydrogens (primary N) is 1. The molecule has 0 aliphatic heterocycles. The van der Waals surface area contributed by atoms with Crippen molar-refractivity contribution in [3.05, 3.63) is 86.1 Å². The second-order valence-corrected chi connectivity index (χ2v) is 8.78. The molecule has 0 aliphatic carbocycles. The largest absolute Gasteiger partial charge is 0.490 e. The minimum atomic E-state index is -0.863. The van der Waals surface area contributed by atoms with Gasteiger partial charge in [-0.25, -0.2) is 9.59 Å². The quantitative estimate of drug-likeness (QED) is 0.308. The lowest BCUT2D eigenvalue weighted by atomic mass is 10.1. The van der Waals surface area contributed by atoms with Crippen molar-refractivity contribution in [3.63, 3.8) is 0 Å². The number of aromatic nitrogens is 2. The first-order chi connectivity index (χ1) is 17.6. The number of esters is 1. The molecule has 10 heteroatoms. The molecule has 0 atom stereocenters. The number of anilines is 1. The third kappa shape index (κ3) is 6.46. The van der Waals surface area contributed by atoms with Crippen LogP contribution in [0.2, 0.25) is 0 Å². The van der Waals surface area contributed by atoms with Gasteiger partial charge in [-0.1, -0.05) is 44.2 Å². The first kappa shape index (κ1) is 27.3. The van der Waals surface area contributed by atoms with Crippen molar-refractivity contribution in [2.24, 2.45) is 13.0 Å². The number of ketones is 1. The molecule has 0 spiro atoms. The first-order valence-corrected chi connectivity index (χ1v) is 11.9. The number of Topliss-reactive ketones (excluding diaryl/α,β-unsaturated/α-hetero) is 1. The van der Waals surface area contributed by atoms with Gasteiger partial charge in [0.1, 0.15) is 11.4 Å². The summed E-state index contributed by atoms with van der Waals surface area (Å²) in [4.78, 5) is 51.0. The van der Waals surface area contributed by atoms with Gasteiger partial charge in [-0.3, -0.25) is 18.7 Å². The molecule has 3 aromatic rings. The Labute approximate surface area is 214 Å². The molecule has 0 amide bonds. The van der Waals surface area contributed by atoms with Crippen molar-refractivity contribution < 1.29 is 23.8 Å². The summed E-state index contributed by atoms with van der Waals surface area (Å²) in [7, 11) is 1.26. The Morgan fingerprint density at radius 1 is 1.00 bits per heavy atom. The van der Waals surface area contributed by atoms with Gasteiger partial charge >= 0.3 is 11.7 Å². The zero-order valence-corrected chi connectivity index (χ0v) is 21.4. The number of ether oxygens (including phenoxy) is 3. The Balaban J connectivity index is 1.81. The second-order valence-electron chi connectivity index (χ2n) is 8.78. The van der Waals surface area contributed by atoms with Crippen molar-refractivity contribution in [1.82, 2.24) is 9.13 Å². The summed E-state index contributed by atoms with van der Waals surface area (Å²) >= 11 is 0. The summed E-state index contributed by atoms with van der Waals surface area (Å²) in [5.74, 6) is -0.751. The van der Waals surface area contributed by atoms with Crippen LogP contribution in [0.4, 0.5) is 5.82 Å². The predicted molar refractivity (Wildman–Crippen MR) is 138 cm³/mol. The average Bonchev–Trinajstić information content (AvgIpc) is 2.88. The number of nitrogens with zero attached hydrogens (tertiary/aromatic N) is 2. The Kier molecular flexibility index (Phi) is 8.89. The topological polar surface area (TPSA) is 132 Å². The highest BCUT2D eigenvalue weighted by atomic mass is 16.5. The molecule has 0 fully saturated rings. The standard InChI is InChI=1S/C27H31N3O7/c1-5-35-22-13-19(11-12-21(22)36-15-17(2)3)26(33)37-16-20(31)23-24(28)30(27(34)29(4)25(23)32)14-18-9-7-6-8-10-18/h6-13,17H,5,14-16,28H2,1-4H3. The summed E-state index contributed by atoms with van der Waals surface area (Å²) in [5, 5.41) is 0. The Morgan fingerprint density at radius 3 is 2.35 bits per heavy atom. The van der Waals surface area contributed by atoms with Gasteiger partial charge < -0.3 is 19.9 Å². The van der Waals surface area contributed by atoms with Crippen molar-refractivity contribution >= 4 is 17.6 Å². The van der Waals surface area contributed by atoms with E-state index >= 15 is 0 Å². The fourth-order valence-corrected chi connectivity index (χ4v) is 3.53. The van der Waals surface area contributed by atoms with E-state index in [1.807, 2.05) is 19.9 Å². The summed E-state index contributed by atoms with van der Waals surface area (Å²) < 4.78 is 18.4. The Bertz CT molecular complexity index is 1390. The van der Waals surface area contributed by atoms with E-state index in [0.717, 1.165) is 14.7 Å². The van der Waals surface area contributed by atoms with Gasteiger partial charge in [-0.2, -0.15) is 0 Å². The third-order valence-corrected chi connectivity index (χ3v) is 5.43. The SMILES string of the molecule is CCOc1cc(C(=O)OCC(=O)c2c(N)n(Cc3ccccc3)c(=O)n(C)c2=O)ccc1OCC(C)C. The maximum absolute atomic E-state index is 12.9. The van der Waals surface area contributed by atoms with Crippen LogP contribution < -0.4 is 26.5 Å². The van der Waals surface area contributed by atoms with Crippen molar-refractivity contribution in [1.29, 1.82) is 0 Å². The molecule has 3 rings (SSSR count). The van der Waals surface area contributed by atoms with Crippen LogP contribution in [0.1, 0.15) is 47.1 Å². The fraction of sp³-hybridized carbons (Fsp3) is 0.333. The second kappa shape index (κ2) is 12.1. The van der Waals surface area contributed by atoms with Gasteiger partial charge in [0.2, 0.25) is 5.78 Å². The van der Waals surface area contributed by atoms with E-state index in [-0.39, 0.29) is 17.9 Å². The van der Waals surface area contributed by atoms with E-state index in [1.165, 1.54) is 19.2 Å². The van der Waals surface area contributed by atoms with E-state index < -0.39 is 35.2 Å². The van der Waals surface area contributed by atoms with E-state index in [2.05, 4.69) is 0 Å². The van der Waals surface area contributed by atoms with E-state index in [4.69, 9.17) is 19.9 Å². The molecule has 0 aliphatic rings. The van der Waals surface area contributed by atoms with Gasteiger partial charge in [0.25, 0.3) is 5.56 Å². The molecule has 37 heavy (non-hydrogen) atoms. The number of carbonyl (C=O) groups excluding carboxylic acids is 2. The van der Waals surface area contributed by atoms with Crippen LogP contribution in [-0.2, 0) is 18.3 Å². The molecule has 196 valence electrons. The Hall–Kier alpha value is -4.34. The summed E-state index contributed by atoms with van der Waals surface area (Å²) in [6, 6.07) is 13.6. The zero-order valence-electron chi connectivity index (χ0n) is 21.4. The molecule has 10 nitrogen and oxygen atoms in total. The molecule has 0 radical (unpaired) electrons. The molecule has 2 aromatic carbocycles.